The second-order valence-corrected chi connectivity index (χ2v) is 6.08. The maximum atomic E-state index is 3.72. The number of nitrogens with zero attached hydrogens (tertiary/aromatic N) is 1. The lowest BCUT2D eigenvalue weighted by atomic mass is 9.93. The number of hydrogen-bond acceptors (Lipinski definition) is 2. The molecule has 0 aromatic carbocycles. The summed E-state index contributed by atoms with van der Waals surface area (Å²) >= 11 is 0. The summed E-state index contributed by atoms with van der Waals surface area (Å²) < 4.78 is 0. The van der Waals surface area contributed by atoms with E-state index in [1.54, 1.807) is 0 Å². The zero-order valence-corrected chi connectivity index (χ0v) is 11.8. The molecule has 0 aliphatic heterocycles. The van der Waals surface area contributed by atoms with Gasteiger partial charge in [0.2, 0.25) is 0 Å². The van der Waals surface area contributed by atoms with Crippen LogP contribution < -0.4 is 5.32 Å². The Morgan fingerprint density at radius 3 is 2.41 bits per heavy atom. The zero-order chi connectivity index (χ0) is 12.1. The highest BCUT2D eigenvalue weighted by Gasteiger charge is 2.26. The van der Waals surface area contributed by atoms with Crippen molar-refractivity contribution in [3.8, 4) is 0 Å². The highest BCUT2D eigenvalue weighted by molar-refractivity contribution is 4.85. The first-order chi connectivity index (χ1) is 8.31. The lowest BCUT2D eigenvalue weighted by Crippen LogP contribution is -2.46. The fraction of sp³-hybridized carbons (Fsp3) is 1.00. The summed E-state index contributed by atoms with van der Waals surface area (Å²) in [5.74, 6) is 0. The van der Waals surface area contributed by atoms with Crippen LogP contribution in [0.4, 0.5) is 0 Å². The van der Waals surface area contributed by atoms with Gasteiger partial charge in [-0.2, -0.15) is 0 Å². The van der Waals surface area contributed by atoms with Gasteiger partial charge in [-0.15, -0.1) is 0 Å². The van der Waals surface area contributed by atoms with Gasteiger partial charge in [-0.05, 0) is 39.2 Å². The molecule has 2 rings (SSSR count). The molecular weight excluding hydrogens is 208 g/mol. The predicted octanol–water partition coefficient (Wildman–Crippen LogP) is 3.17. The van der Waals surface area contributed by atoms with Crippen molar-refractivity contribution in [2.75, 3.05) is 13.6 Å². The van der Waals surface area contributed by atoms with E-state index in [9.17, 15) is 0 Å². The van der Waals surface area contributed by atoms with Gasteiger partial charge in [0, 0.05) is 24.7 Å². The summed E-state index contributed by atoms with van der Waals surface area (Å²) in [5, 5.41) is 3.72. The average molecular weight is 238 g/mol. The molecule has 0 bridgehead atoms. The van der Waals surface area contributed by atoms with Gasteiger partial charge in [-0.3, -0.25) is 4.90 Å². The third-order valence-electron chi connectivity index (χ3n) is 4.57. The van der Waals surface area contributed by atoms with Gasteiger partial charge in [0.1, 0.15) is 0 Å². The van der Waals surface area contributed by atoms with Gasteiger partial charge < -0.3 is 5.32 Å². The average Bonchev–Trinajstić information content (AvgIpc) is 3.19. The molecule has 1 unspecified atom stereocenters. The van der Waals surface area contributed by atoms with E-state index in [1.165, 1.54) is 64.3 Å². The van der Waals surface area contributed by atoms with E-state index in [0.717, 1.165) is 18.1 Å². The number of likely N-dealkylation sites (N-methyl/N-ethyl adjacent to an activating group) is 1. The first kappa shape index (κ1) is 13.4. The Kier molecular flexibility index (Phi) is 5.30. The van der Waals surface area contributed by atoms with Gasteiger partial charge in [0.05, 0.1) is 0 Å². The maximum Gasteiger partial charge on any atom is 0.0220 e. The Hall–Kier alpha value is -0.0800. The van der Waals surface area contributed by atoms with Crippen LogP contribution >= 0.6 is 0 Å². The first-order valence-electron chi connectivity index (χ1n) is 7.76. The lowest BCUT2D eigenvalue weighted by molar-refractivity contribution is 0.128. The second kappa shape index (κ2) is 6.75. The summed E-state index contributed by atoms with van der Waals surface area (Å²) in [6.07, 6.45) is 12.7. The van der Waals surface area contributed by atoms with Crippen LogP contribution in [0.15, 0.2) is 0 Å². The molecule has 1 N–H and O–H groups in total. The minimum atomic E-state index is 0.767. The molecule has 17 heavy (non-hydrogen) atoms. The molecule has 2 nitrogen and oxygen atoms in total. The Bertz CT molecular complexity index is 207. The van der Waals surface area contributed by atoms with Crippen LogP contribution in [0.2, 0.25) is 0 Å². The molecule has 0 saturated heterocycles. The van der Waals surface area contributed by atoms with Crippen LogP contribution in [-0.2, 0) is 0 Å². The van der Waals surface area contributed by atoms with E-state index in [1.807, 2.05) is 0 Å². The van der Waals surface area contributed by atoms with Gasteiger partial charge in [0.15, 0.2) is 0 Å². The first-order valence-corrected chi connectivity index (χ1v) is 7.76. The minimum Gasteiger partial charge on any atom is -0.312 e. The van der Waals surface area contributed by atoms with Crippen molar-refractivity contribution in [2.24, 2.45) is 0 Å². The summed E-state index contributed by atoms with van der Waals surface area (Å²) in [5.41, 5.74) is 0. The van der Waals surface area contributed by atoms with Crippen molar-refractivity contribution < 1.29 is 0 Å². The molecule has 0 aromatic heterocycles. The van der Waals surface area contributed by atoms with E-state index in [2.05, 4.69) is 24.2 Å². The van der Waals surface area contributed by atoms with Crippen molar-refractivity contribution in [3.05, 3.63) is 0 Å². The van der Waals surface area contributed by atoms with E-state index in [-0.39, 0.29) is 0 Å². The molecule has 2 saturated carbocycles. The van der Waals surface area contributed by atoms with E-state index < -0.39 is 0 Å². The quantitative estimate of drug-likeness (QED) is 0.733. The maximum absolute atomic E-state index is 3.72. The smallest absolute Gasteiger partial charge is 0.0220 e. The normalized spacial score (nSPS) is 24.2. The SMILES string of the molecule is CCCC(CNC1CC1)N(C)C1CCCCC1. The number of nitrogens with one attached hydrogen (secondary N) is 1. The highest BCUT2D eigenvalue weighted by atomic mass is 15.2. The van der Waals surface area contributed by atoms with E-state index >= 15 is 0 Å². The largest absolute Gasteiger partial charge is 0.312 e. The molecule has 2 aliphatic carbocycles. The Labute approximate surface area is 107 Å². The summed E-state index contributed by atoms with van der Waals surface area (Å²) in [4.78, 5) is 2.69. The van der Waals surface area contributed by atoms with Crippen molar-refractivity contribution in [3.63, 3.8) is 0 Å². The molecule has 1 atom stereocenters. The Morgan fingerprint density at radius 2 is 1.82 bits per heavy atom. The molecule has 0 heterocycles. The zero-order valence-electron chi connectivity index (χ0n) is 11.8. The molecule has 0 radical (unpaired) electrons. The van der Waals surface area contributed by atoms with Crippen molar-refractivity contribution in [1.29, 1.82) is 0 Å². The Balaban J connectivity index is 1.78. The molecule has 2 heteroatoms. The van der Waals surface area contributed by atoms with Crippen LogP contribution in [0.3, 0.4) is 0 Å². The number of rotatable bonds is 7. The topological polar surface area (TPSA) is 15.3 Å². The van der Waals surface area contributed by atoms with Crippen LogP contribution in [0.5, 0.6) is 0 Å². The van der Waals surface area contributed by atoms with Gasteiger partial charge in [0.25, 0.3) is 0 Å². The van der Waals surface area contributed by atoms with Crippen LogP contribution in [0.25, 0.3) is 0 Å². The summed E-state index contributed by atoms with van der Waals surface area (Å²) in [6.45, 7) is 3.53. The molecule has 2 fully saturated rings. The molecule has 2 aliphatic rings. The molecule has 100 valence electrons. The molecule has 0 spiro atoms. The van der Waals surface area contributed by atoms with Crippen LogP contribution in [-0.4, -0.2) is 36.6 Å². The van der Waals surface area contributed by atoms with E-state index in [4.69, 9.17) is 0 Å². The fourth-order valence-corrected chi connectivity index (χ4v) is 3.16. The standard InChI is InChI=1S/C15H30N2/c1-3-7-15(12-16-13-10-11-13)17(2)14-8-5-4-6-9-14/h13-16H,3-12H2,1-2H3. The van der Waals surface area contributed by atoms with Gasteiger partial charge >= 0.3 is 0 Å². The third-order valence-corrected chi connectivity index (χ3v) is 4.57. The highest BCUT2D eigenvalue weighted by Crippen LogP contribution is 2.25. The van der Waals surface area contributed by atoms with E-state index in [0.29, 0.717) is 0 Å². The number of hydrogen-bond donors (Lipinski definition) is 1. The van der Waals surface area contributed by atoms with Crippen LogP contribution in [0, 0.1) is 0 Å². The van der Waals surface area contributed by atoms with Crippen molar-refractivity contribution >= 4 is 0 Å². The molecule has 0 aromatic rings. The van der Waals surface area contributed by atoms with Crippen molar-refractivity contribution in [2.45, 2.75) is 82.8 Å². The third kappa shape index (κ3) is 4.26. The van der Waals surface area contributed by atoms with Crippen molar-refractivity contribution in [1.82, 2.24) is 10.2 Å². The monoisotopic (exact) mass is 238 g/mol. The molecule has 0 amide bonds. The molecular formula is C15H30N2. The minimum absolute atomic E-state index is 0.767. The Morgan fingerprint density at radius 1 is 1.12 bits per heavy atom. The predicted molar refractivity (Wildman–Crippen MR) is 74.4 cm³/mol. The van der Waals surface area contributed by atoms with Gasteiger partial charge in [-0.25, -0.2) is 0 Å². The summed E-state index contributed by atoms with van der Waals surface area (Å²) in [7, 11) is 2.37. The second-order valence-electron chi connectivity index (χ2n) is 6.08. The van der Waals surface area contributed by atoms with Crippen LogP contribution in [0.1, 0.15) is 64.7 Å². The van der Waals surface area contributed by atoms with Gasteiger partial charge in [-0.1, -0.05) is 32.6 Å². The lowest BCUT2D eigenvalue weighted by Gasteiger charge is -2.37. The summed E-state index contributed by atoms with van der Waals surface area (Å²) in [6, 6.07) is 2.49. The fourth-order valence-electron chi connectivity index (χ4n) is 3.16.